The van der Waals surface area contributed by atoms with Gasteiger partial charge in [0.15, 0.2) is 0 Å². The summed E-state index contributed by atoms with van der Waals surface area (Å²) in [6, 6.07) is 1.57. The van der Waals surface area contributed by atoms with Crippen LogP contribution in [0.2, 0.25) is 0 Å². The number of carbonyl (C=O) groups excluding carboxylic acids is 1. The van der Waals surface area contributed by atoms with Crippen molar-refractivity contribution >= 4 is 18.3 Å². The van der Waals surface area contributed by atoms with E-state index in [2.05, 4.69) is 15.3 Å². The quantitative estimate of drug-likeness (QED) is 0.855. The zero-order valence-corrected chi connectivity index (χ0v) is 13.9. The first kappa shape index (κ1) is 18.2. The number of carbonyl (C=O) groups is 1. The molecule has 0 saturated carbocycles. The fourth-order valence-electron chi connectivity index (χ4n) is 2.50. The van der Waals surface area contributed by atoms with Crippen LogP contribution >= 0.6 is 12.4 Å². The third kappa shape index (κ3) is 3.82. The molecular weight excluding hydrogens is 337 g/mol. The first-order valence-corrected chi connectivity index (χ1v) is 7.34. The molecule has 2 aromatic heterocycles. The Morgan fingerprint density at radius 1 is 1.50 bits per heavy atom. The Balaban J connectivity index is 0.00000208. The van der Waals surface area contributed by atoms with Crippen LogP contribution in [0.3, 0.4) is 0 Å². The highest BCUT2D eigenvalue weighted by Crippen LogP contribution is 2.25. The van der Waals surface area contributed by atoms with Gasteiger partial charge in [-0.25, -0.2) is 14.4 Å². The molecule has 3 N–H and O–H groups in total. The molecule has 1 fully saturated rings. The van der Waals surface area contributed by atoms with Crippen molar-refractivity contribution in [1.82, 2.24) is 19.9 Å². The molecule has 0 bridgehead atoms. The van der Waals surface area contributed by atoms with Gasteiger partial charge in [-0.3, -0.25) is 4.79 Å². The summed E-state index contributed by atoms with van der Waals surface area (Å²) < 4.78 is 21.3. The van der Waals surface area contributed by atoms with Crippen molar-refractivity contribution in [3.05, 3.63) is 30.4 Å². The number of piperidine rings is 1. The summed E-state index contributed by atoms with van der Waals surface area (Å²) in [5.41, 5.74) is 6.85. The first-order valence-electron chi connectivity index (χ1n) is 7.34. The second kappa shape index (κ2) is 7.59. The maximum Gasteiger partial charge on any atom is 0.254 e. The molecule has 1 saturated heterocycles. The normalized spacial score (nSPS) is 20.2. The van der Waals surface area contributed by atoms with E-state index in [1.165, 1.54) is 0 Å². The van der Waals surface area contributed by atoms with E-state index in [4.69, 9.17) is 10.5 Å². The van der Waals surface area contributed by atoms with E-state index in [0.717, 1.165) is 0 Å². The van der Waals surface area contributed by atoms with Crippen molar-refractivity contribution in [3.8, 4) is 17.1 Å². The number of alkyl halides is 1. The SMILES string of the molecule is Cl.Cn1cnc(-c2cnc(O[C@H]3CCNC[C@@H]3F)c(C(N)=O)c2)c1. The molecule has 0 unspecified atom stereocenters. The standard InChI is InChI=1S/C15H18FN5O2.ClH/c1-21-7-12(20-8-21)9-4-10(14(17)22)15(19-5-9)23-13-2-3-18-6-11(13)16;/h4-5,7-8,11,13,18H,2-3,6H2,1H3,(H2,17,22);1H/t11-,13-;/m0./s1. The number of amides is 1. The minimum absolute atomic E-state index is 0. The summed E-state index contributed by atoms with van der Waals surface area (Å²) in [6.45, 7) is 0.881. The lowest BCUT2D eigenvalue weighted by Gasteiger charge is -2.27. The van der Waals surface area contributed by atoms with Gasteiger partial charge in [0.05, 0.1) is 12.0 Å². The first-order chi connectivity index (χ1) is 11.0. The summed E-state index contributed by atoms with van der Waals surface area (Å²) >= 11 is 0. The summed E-state index contributed by atoms with van der Waals surface area (Å²) in [4.78, 5) is 20.1. The molecule has 0 aromatic carbocycles. The molecule has 3 heterocycles. The predicted octanol–water partition coefficient (Wildman–Crippen LogP) is 1.08. The Hall–Kier alpha value is -2.19. The molecule has 3 rings (SSSR count). The Morgan fingerprint density at radius 2 is 2.29 bits per heavy atom. The summed E-state index contributed by atoms with van der Waals surface area (Å²) in [6.07, 6.45) is 3.70. The zero-order chi connectivity index (χ0) is 16.4. The minimum Gasteiger partial charge on any atom is -0.471 e. The van der Waals surface area contributed by atoms with E-state index < -0.39 is 18.2 Å². The number of nitrogens with one attached hydrogen (secondary N) is 1. The molecular formula is C15H19ClFN5O2. The van der Waals surface area contributed by atoms with E-state index in [-0.39, 0.29) is 30.4 Å². The van der Waals surface area contributed by atoms with Gasteiger partial charge in [0.1, 0.15) is 17.8 Å². The number of nitrogens with zero attached hydrogens (tertiary/aromatic N) is 3. The summed E-state index contributed by atoms with van der Waals surface area (Å²) in [5, 5.41) is 2.94. The van der Waals surface area contributed by atoms with Crippen molar-refractivity contribution in [3.63, 3.8) is 0 Å². The van der Waals surface area contributed by atoms with Crippen LogP contribution in [0.4, 0.5) is 4.39 Å². The van der Waals surface area contributed by atoms with Crippen LogP contribution in [-0.2, 0) is 7.05 Å². The second-order valence-corrected chi connectivity index (χ2v) is 5.53. The van der Waals surface area contributed by atoms with Gasteiger partial charge in [0.25, 0.3) is 5.91 Å². The number of aromatic nitrogens is 3. The van der Waals surface area contributed by atoms with Crippen LogP contribution in [0, 0.1) is 0 Å². The van der Waals surface area contributed by atoms with Crippen molar-refractivity contribution in [2.45, 2.75) is 18.7 Å². The van der Waals surface area contributed by atoms with Gasteiger partial charge in [-0.1, -0.05) is 0 Å². The lowest BCUT2D eigenvalue weighted by Crippen LogP contribution is -2.44. The van der Waals surface area contributed by atoms with E-state index in [1.807, 2.05) is 7.05 Å². The van der Waals surface area contributed by atoms with E-state index in [1.54, 1.807) is 29.4 Å². The van der Waals surface area contributed by atoms with E-state index in [9.17, 15) is 9.18 Å². The van der Waals surface area contributed by atoms with Crippen LogP contribution < -0.4 is 15.8 Å². The average Bonchev–Trinajstić information content (AvgIpc) is 2.96. The van der Waals surface area contributed by atoms with Crippen LogP contribution in [0.15, 0.2) is 24.8 Å². The lowest BCUT2D eigenvalue weighted by atomic mass is 10.1. The zero-order valence-electron chi connectivity index (χ0n) is 13.1. The molecule has 1 aliphatic heterocycles. The highest BCUT2D eigenvalue weighted by Gasteiger charge is 2.28. The average molecular weight is 356 g/mol. The molecule has 9 heteroatoms. The van der Waals surface area contributed by atoms with E-state index >= 15 is 0 Å². The number of hydrogen-bond donors (Lipinski definition) is 2. The monoisotopic (exact) mass is 355 g/mol. The highest BCUT2D eigenvalue weighted by atomic mass is 35.5. The van der Waals surface area contributed by atoms with Gasteiger partial charge in [0, 0.05) is 31.5 Å². The highest BCUT2D eigenvalue weighted by molar-refractivity contribution is 5.96. The van der Waals surface area contributed by atoms with Gasteiger partial charge in [-0.15, -0.1) is 12.4 Å². The molecule has 7 nitrogen and oxygen atoms in total. The maximum absolute atomic E-state index is 13.9. The van der Waals surface area contributed by atoms with Gasteiger partial charge in [0.2, 0.25) is 5.88 Å². The maximum atomic E-state index is 13.9. The molecule has 0 spiro atoms. The Labute approximate surface area is 144 Å². The van der Waals surface area contributed by atoms with Crippen LogP contribution in [0.5, 0.6) is 5.88 Å². The number of hydrogen-bond acceptors (Lipinski definition) is 5. The van der Waals surface area contributed by atoms with Gasteiger partial charge < -0.3 is 20.4 Å². The minimum atomic E-state index is -1.15. The number of imidazole rings is 1. The Morgan fingerprint density at radius 3 is 2.92 bits per heavy atom. The van der Waals surface area contributed by atoms with Crippen molar-refractivity contribution in [2.24, 2.45) is 12.8 Å². The molecule has 24 heavy (non-hydrogen) atoms. The number of nitrogens with two attached hydrogens (primary N) is 1. The summed E-state index contributed by atoms with van der Waals surface area (Å²) in [7, 11) is 1.84. The number of primary amides is 1. The molecule has 1 amide bonds. The number of pyridine rings is 1. The lowest BCUT2D eigenvalue weighted by molar-refractivity contribution is 0.0676. The fraction of sp³-hybridized carbons (Fsp3) is 0.400. The van der Waals surface area contributed by atoms with E-state index in [0.29, 0.717) is 24.2 Å². The molecule has 1 aliphatic rings. The van der Waals surface area contributed by atoms with Gasteiger partial charge >= 0.3 is 0 Å². The van der Waals surface area contributed by atoms with Crippen LogP contribution in [-0.4, -0.2) is 45.8 Å². The number of ether oxygens (including phenoxy) is 1. The van der Waals surface area contributed by atoms with Gasteiger partial charge in [-0.2, -0.15) is 0 Å². The fourth-order valence-corrected chi connectivity index (χ4v) is 2.50. The predicted molar refractivity (Wildman–Crippen MR) is 89.0 cm³/mol. The molecule has 2 atom stereocenters. The molecule has 2 aromatic rings. The third-order valence-electron chi connectivity index (χ3n) is 3.73. The van der Waals surface area contributed by atoms with Crippen LogP contribution in [0.1, 0.15) is 16.8 Å². The Bertz CT molecular complexity index is 724. The van der Waals surface area contributed by atoms with Crippen LogP contribution in [0.25, 0.3) is 11.3 Å². The number of aryl methyl sites for hydroxylation is 1. The van der Waals surface area contributed by atoms with Crippen molar-refractivity contribution < 1.29 is 13.9 Å². The topological polar surface area (TPSA) is 95.1 Å². The van der Waals surface area contributed by atoms with Crippen molar-refractivity contribution in [2.75, 3.05) is 13.1 Å². The molecule has 130 valence electrons. The Kier molecular flexibility index (Phi) is 5.74. The number of rotatable bonds is 4. The number of halogens is 2. The molecule has 0 aliphatic carbocycles. The largest absolute Gasteiger partial charge is 0.471 e. The second-order valence-electron chi connectivity index (χ2n) is 5.53. The smallest absolute Gasteiger partial charge is 0.254 e. The third-order valence-corrected chi connectivity index (χ3v) is 3.73. The molecule has 0 radical (unpaired) electrons. The van der Waals surface area contributed by atoms with Gasteiger partial charge in [-0.05, 0) is 19.0 Å². The van der Waals surface area contributed by atoms with Crippen molar-refractivity contribution in [1.29, 1.82) is 0 Å². The summed E-state index contributed by atoms with van der Waals surface area (Å²) in [5.74, 6) is -0.610.